The maximum atomic E-state index is 12.0. The van der Waals surface area contributed by atoms with Crippen molar-refractivity contribution in [2.75, 3.05) is 7.11 Å². The Balaban J connectivity index is 2.21. The van der Waals surface area contributed by atoms with Gasteiger partial charge in [0, 0.05) is 11.6 Å². The molecule has 2 N–H and O–H groups in total. The van der Waals surface area contributed by atoms with Crippen LogP contribution in [-0.2, 0) is 4.74 Å². The first-order valence-corrected chi connectivity index (χ1v) is 6.65. The summed E-state index contributed by atoms with van der Waals surface area (Å²) >= 11 is 0. The molecule has 1 aromatic rings. The SMILES string of the molecule is COC1=CC(O)=C(C)C(O)C1C=CC(=O)c1ccccc1. The Labute approximate surface area is 123 Å². The van der Waals surface area contributed by atoms with Crippen LogP contribution in [0.5, 0.6) is 0 Å². The highest BCUT2D eigenvalue weighted by Gasteiger charge is 2.29. The summed E-state index contributed by atoms with van der Waals surface area (Å²) in [5.41, 5.74) is 1.04. The van der Waals surface area contributed by atoms with E-state index in [2.05, 4.69) is 0 Å². The van der Waals surface area contributed by atoms with Crippen molar-refractivity contribution in [1.29, 1.82) is 0 Å². The molecule has 0 spiro atoms. The van der Waals surface area contributed by atoms with E-state index in [-0.39, 0.29) is 11.5 Å². The topological polar surface area (TPSA) is 66.8 Å². The molecule has 0 saturated heterocycles. The van der Waals surface area contributed by atoms with Crippen molar-refractivity contribution in [2.45, 2.75) is 13.0 Å². The van der Waals surface area contributed by atoms with E-state index in [0.29, 0.717) is 16.9 Å². The molecule has 2 atom stereocenters. The standard InChI is InChI=1S/C17H18O4/c1-11-15(19)10-16(21-2)13(17(11)20)8-9-14(18)12-6-4-3-5-7-12/h3-10,13,17,19-20H,1-2H3. The van der Waals surface area contributed by atoms with Gasteiger partial charge in [-0.2, -0.15) is 0 Å². The van der Waals surface area contributed by atoms with Gasteiger partial charge in [0.05, 0.1) is 19.1 Å². The number of carbonyl (C=O) groups excluding carboxylic acids is 1. The number of carbonyl (C=O) groups is 1. The number of allylic oxidation sites excluding steroid dienone is 2. The molecule has 1 aromatic carbocycles. The largest absolute Gasteiger partial charge is 0.508 e. The summed E-state index contributed by atoms with van der Waals surface area (Å²) in [6.45, 7) is 1.64. The minimum Gasteiger partial charge on any atom is -0.508 e. The van der Waals surface area contributed by atoms with Gasteiger partial charge < -0.3 is 14.9 Å². The highest BCUT2D eigenvalue weighted by Crippen LogP contribution is 2.30. The van der Waals surface area contributed by atoms with Crippen LogP contribution in [0.15, 0.2) is 65.7 Å². The van der Waals surface area contributed by atoms with Crippen LogP contribution in [0, 0.1) is 5.92 Å². The first-order valence-electron chi connectivity index (χ1n) is 6.65. The van der Waals surface area contributed by atoms with Gasteiger partial charge in [0.1, 0.15) is 11.5 Å². The van der Waals surface area contributed by atoms with Gasteiger partial charge in [-0.25, -0.2) is 0 Å². The smallest absolute Gasteiger partial charge is 0.185 e. The fourth-order valence-corrected chi connectivity index (χ4v) is 2.21. The highest BCUT2D eigenvalue weighted by atomic mass is 16.5. The minimum atomic E-state index is -0.912. The average Bonchev–Trinajstić information content (AvgIpc) is 2.52. The lowest BCUT2D eigenvalue weighted by atomic mass is 9.88. The molecule has 4 nitrogen and oxygen atoms in total. The summed E-state index contributed by atoms with van der Waals surface area (Å²) in [4.78, 5) is 12.0. The third-order valence-corrected chi connectivity index (χ3v) is 3.54. The second-order valence-corrected chi connectivity index (χ2v) is 4.88. The van der Waals surface area contributed by atoms with Gasteiger partial charge in [0.2, 0.25) is 0 Å². The van der Waals surface area contributed by atoms with Crippen LogP contribution in [0.25, 0.3) is 0 Å². The molecule has 1 aliphatic rings. The van der Waals surface area contributed by atoms with Crippen LogP contribution in [0.2, 0.25) is 0 Å². The number of methoxy groups -OCH3 is 1. The van der Waals surface area contributed by atoms with Gasteiger partial charge in [-0.3, -0.25) is 4.79 Å². The molecule has 21 heavy (non-hydrogen) atoms. The van der Waals surface area contributed by atoms with Crippen LogP contribution < -0.4 is 0 Å². The lowest BCUT2D eigenvalue weighted by molar-refractivity contribution is 0.104. The van der Waals surface area contributed by atoms with E-state index < -0.39 is 12.0 Å². The van der Waals surface area contributed by atoms with Gasteiger partial charge in [-0.05, 0) is 18.6 Å². The van der Waals surface area contributed by atoms with Gasteiger partial charge in [0.25, 0.3) is 0 Å². The Morgan fingerprint density at radius 2 is 1.95 bits per heavy atom. The lowest BCUT2D eigenvalue weighted by Gasteiger charge is -2.26. The molecular formula is C17H18O4. The highest BCUT2D eigenvalue weighted by molar-refractivity contribution is 6.04. The Kier molecular flexibility index (Phi) is 4.60. The summed E-state index contributed by atoms with van der Waals surface area (Å²) in [6, 6.07) is 8.89. The molecule has 2 unspecified atom stereocenters. The van der Waals surface area contributed by atoms with E-state index in [1.54, 1.807) is 37.3 Å². The van der Waals surface area contributed by atoms with Crippen LogP contribution in [0.3, 0.4) is 0 Å². The number of hydrogen-bond acceptors (Lipinski definition) is 4. The van der Waals surface area contributed by atoms with Gasteiger partial charge in [-0.15, -0.1) is 0 Å². The second kappa shape index (κ2) is 6.41. The Hall–Kier alpha value is -2.33. The van der Waals surface area contributed by atoms with Gasteiger partial charge in [-0.1, -0.05) is 36.4 Å². The third-order valence-electron chi connectivity index (χ3n) is 3.54. The predicted molar refractivity (Wildman–Crippen MR) is 79.8 cm³/mol. The summed E-state index contributed by atoms with van der Waals surface area (Å²) < 4.78 is 5.18. The van der Waals surface area contributed by atoms with Crippen molar-refractivity contribution < 1.29 is 19.7 Å². The number of rotatable bonds is 4. The molecule has 110 valence electrons. The molecule has 0 amide bonds. The molecule has 0 fully saturated rings. The Bertz CT molecular complexity index is 611. The molecule has 0 aliphatic heterocycles. The fourth-order valence-electron chi connectivity index (χ4n) is 2.21. The molecule has 0 bridgehead atoms. The number of benzene rings is 1. The summed E-state index contributed by atoms with van der Waals surface area (Å²) in [6.07, 6.45) is 3.57. The second-order valence-electron chi connectivity index (χ2n) is 4.88. The van der Waals surface area contributed by atoms with Crippen molar-refractivity contribution in [1.82, 2.24) is 0 Å². The van der Waals surface area contributed by atoms with Crippen molar-refractivity contribution in [3.8, 4) is 0 Å². The molecular weight excluding hydrogens is 268 g/mol. The van der Waals surface area contributed by atoms with Crippen LogP contribution in [0.1, 0.15) is 17.3 Å². The molecule has 0 saturated carbocycles. The summed E-state index contributed by atoms with van der Waals surface area (Å²) in [7, 11) is 1.46. The number of aliphatic hydroxyl groups is 2. The van der Waals surface area contributed by atoms with E-state index in [0.717, 1.165) is 0 Å². The first kappa shape index (κ1) is 15.1. The maximum absolute atomic E-state index is 12.0. The molecule has 4 heteroatoms. The molecule has 1 aliphatic carbocycles. The van der Waals surface area contributed by atoms with Crippen molar-refractivity contribution in [3.63, 3.8) is 0 Å². The Morgan fingerprint density at radius 1 is 1.29 bits per heavy atom. The monoisotopic (exact) mass is 286 g/mol. The van der Waals surface area contributed by atoms with E-state index in [4.69, 9.17) is 4.74 Å². The number of aliphatic hydroxyl groups excluding tert-OH is 2. The van der Waals surface area contributed by atoms with E-state index >= 15 is 0 Å². The normalized spacial score (nSPS) is 22.3. The molecule has 2 rings (SSSR count). The fraction of sp³-hybridized carbons (Fsp3) is 0.235. The summed E-state index contributed by atoms with van der Waals surface area (Å²) in [5, 5.41) is 19.9. The number of ether oxygens (including phenoxy) is 1. The van der Waals surface area contributed by atoms with Crippen LogP contribution >= 0.6 is 0 Å². The molecule has 0 radical (unpaired) electrons. The van der Waals surface area contributed by atoms with Gasteiger partial charge >= 0.3 is 0 Å². The van der Waals surface area contributed by atoms with Crippen molar-refractivity contribution >= 4 is 5.78 Å². The quantitative estimate of drug-likeness (QED) is 0.660. The zero-order chi connectivity index (χ0) is 15.4. The van der Waals surface area contributed by atoms with Crippen LogP contribution in [-0.4, -0.2) is 29.2 Å². The van der Waals surface area contributed by atoms with Crippen LogP contribution in [0.4, 0.5) is 0 Å². The van der Waals surface area contributed by atoms with E-state index in [1.807, 2.05) is 6.07 Å². The first-order chi connectivity index (χ1) is 10.0. The van der Waals surface area contributed by atoms with Gasteiger partial charge in [0.15, 0.2) is 5.78 Å². The molecule has 0 aromatic heterocycles. The third kappa shape index (κ3) is 3.23. The van der Waals surface area contributed by atoms with Crippen molar-refractivity contribution in [3.05, 3.63) is 71.2 Å². The lowest BCUT2D eigenvalue weighted by Crippen LogP contribution is -2.27. The van der Waals surface area contributed by atoms with E-state index in [1.165, 1.54) is 19.3 Å². The zero-order valence-corrected chi connectivity index (χ0v) is 12.0. The predicted octanol–water partition coefficient (Wildman–Crippen LogP) is 2.78. The number of hydrogen-bond donors (Lipinski definition) is 2. The average molecular weight is 286 g/mol. The van der Waals surface area contributed by atoms with Crippen molar-refractivity contribution in [2.24, 2.45) is 5.92 Å². The molecule has 0 heterocycles. The van der Waals surface area contributed by atoms with E-state index in [9.17, 15) is 15.0 Å². The summed E-state index contributed by atoms with van der Waals surface area (Å²) in [5.74, 6) is -0.214. The zero-order valence-electron chi connectivity index (χ0n) is 12.0. The minimum absolute atomic E-state index is 0.00149. The Morgan fingerprint density at radius 3 is 2.57 bits per heavy atom. The number of ketones is 1. The maximum Gasteiger partial charge on any atom is 0.185 e.